The van der Waals surface area contributed by atoms with Crippen molar-refractivity contribution in [2.75, 3.05) is 5.43 Å². The fourth-order valence-electron chi connectivity index (χ4n) is 8.38. The molecule has 6 heteroatoms. The van der Waals surface area contributed by atoms with Crippen molar-refractivity contribution in [2.24, 2.45) is 4.99 Å². The molecule has 282 valence electrons. The van der Waals surface area contributed by atoms with Crippen LogP contribution in [-0.4, -0.2) is 10.4 Å². The second kappa shape index (κ2) is 14.3. The lowest BCUT2D eigenvalue weighted by Crippen LogP contribution is -2.30. The summed E-state index contributed by atoms with van der Waals surface area (Å²) >= 11 is 0. The summed E-state index contributed by atoms with van der Waals surface area (Å²) in [6, 6.07) is 65.3. The zero-order chi connectivity index (χ0) is 39.3. The number of furan rings is 1. The number of nitrogens with one attached hydrogen (secondary N) is 2. The topological polar surface area (TPSA) is 63.7 Å². The van der Waals surface area contributed by atoms with E-state index in [1.165, 1.54) is 26.9 Å². The summed E-state index contributed by atoms with van der Waals surface area (Å²) in [4.78, 5) is 5.31. The van der Waals surface area contributed by atoms with E-state index in [1.54, 1.807) is 0 Å². The first-order chi connectivity index (χ1) is 29.2. The van der Waals surface area contributed by atoms with Crippen molar-refractivity contribution in [3.8, 4) is 17.2 Å². The van der Waals surface area contributed by atoms with E-state index in [-0.39, 0.29) is 0 Å². The van der Waals surface area contributed by atoms with Crippen LogP contribution in [-0.2, 0) is 6.54 Å². The minimum absolute atomic E-state index is 0.354. The Morgan fingerprint density at radius 1 is 0.576 bits per heavy atom. The van der Waals surface area contributed by atoms with E-state index < -0.39 is 0 Å². The Labute approximate surface area is 340 Å². The van der Waals surface area contributed by atoms with Crippen molar-refractivity contribution in [1.29, 1.82) is 0 Å². The monoisotopic (exact) mass is 762 g/mol. The number of hydrogen-bond acceptors (Lipinski definition) is 4. The summed E-state index contributed by atoms with van der Waals surface area (Å²) in [5.74, 6) is 2.21. The van der Waals surface area contributed by atoms with Gasteiger partial charge < -0.3 is 13.7 Å². The van der Waals surface area contributed by atoms with Crippen LogP contribution in [0.15, 0.2) is 197 Å². The molecule has 2 N–H and O–H groups in total. The molecule has 0 saturated heterocycles. The summed E-state index contributed by atoms with van der Waals surface area (Å²) in [5, 5.41) is 9.18. The van der Waals surface area contributed by atoms with E-state index in [0.717, 1.165) is 77.9 Å². The zero-order valence-corrected chi connectivity index (χ0v) is 32.3. The second-order valence-electron chi connectivity index (χ2n) is 15.0. The summed E-state index contributed by atoms with van der Waals surface area (Å²) in [6.07, 6.45) is 0. The highest BCUT2D eigenvalue weighted by Gasteiger charge is 2.22. The number of hydrazine groups is 1. The molecule has 0 aliphatic carbocycles. The van der Waals surface area contributed by atoms with Crippen LogP contribution in [0.4, 0.5) is 5.69 Å². The number of rotatable bonds is 8. The molecule has 11 aromatic rings. The van der Waals surface area contributed by atoms with Gasteiger partial charge in [-0.15, -0.1) is 0 Å². The minimum atomic E-state index is 0.354. The average molecular weight is 763 g/mol. The normalized spacial score (nSPS) is 12.0. The summed E-state index contributed by atoms with van der Waals surface area (Å²) < 4.78 is 15.8. The lowest BCUT2D eigenvalue weighted by Gasteiger charge is -2.17. The van der Waals surface area contributed by atoms with Gasteiger partial charge >= 0.3 is 0 Å². The molecule has 0 amide bonds. The summed E-state index contributed by atoms with van der Waals surface area (Å²) in [5.41, 5.74) is 15.6. The molecule has 0 aliphatic rings. The van der Waals surface area contributed by atoms with Gasteiger partial charge in [-0.3, -0.25) is 15.8 Å². The van der Waals surface area contributed by atoms with Crippen LogP contribution in [0.2, 0.25) is 0 Å². The number of nitrogens with zero attached hydrogens (tertiary/aromatic N) is 2. The smallest absolute Gasteiger partial charge is 0.151 e. The lowest BCUT2D eigenvalue weighted by molar-refractivity contribution is 0.473. The van der Waals surface area contributed by atoms with Crippen LogP contribution in [0.25, 0.3) is 71.0 Å². The molecule has 11 rings (SSSR count). The number of ether oxygens (including phenoxy) is 1. The SMILES string of the molecule is Cc1ccccc1Oc1ccccc1C/N=C(\NNc1ccc2ccccc2c1)c1ccc(-n2c3ccccc3c3cc4ccccc4cc32)c2c1oc1ccccc12. The number of anilines is 1. The van der Waals surface area contributed by atoms with Crippen molar-refractivity contribution < 1.29 is 9.15 Å². The quantitative estimate of drug-likeness (QED) is 0.0919. The van der Waals surface area contributed by atoms with E-state index in [9.17, 15) is 0 Å². The molecular formula is C53H38N4O2. The number of hydrogen-bond donors (Lipinski definition) is 2. The van der Waals surface area contributed by atoms with Gasteiger partial charge in [0, 0.05) is 21.7 Å². The Morgan fingerprint density at radius 2 is 1.25 bits per heavy atom. The Hall–Kier alpha value is -7.83. The van der Waals surface area contributed by atoms with E-state index in [1.807, 2.05) is 48.5 Å². The highest BCUT2D eigenvalue weighted by Crippen LogP contribution is 2.41. The van der Waals surface area contributed by atoms with Gasteiger partial charge in [-0.1, -0.05) is 127 Å². The highest BCUT2D eigenvalue weighted by molar-refractivity contribution is 6.20. The predicted molar refractivity (Wildman–Crippen MR) is 244 cm³/mol. The molecule has 0 saturated carbocycles. The van der Waals surface area contributed by atoms with Crippen LogP contribution in [0.3, 0.4) is 0 Å². The molecule has 0 fully saturated rings. The molecule has 2 aromatic heterocycles. The largest absolute Gasteiger partial charge is 0.457 e. The van der Waals surface area contributed by atoms with Crippen LogP contribution in [0, 0.1) is 6.92 Å². The number of amidine groups is 1. The number of benzene rings is 9. The maximum absolute atomic E-state index is 6.89. The maximum Gasteiger partial charge on any atom is 0.151 e. The van der Waals surface area contributed by atoms with E-state index in [0.29, 0.717) is 12.4 Å². The molecule has 2 heterocycles. The van der Waals surface area contributed by atoms with Gasteiger partial charge in [-0.05, 0) is 94.7 Å². The molecule has 0 bridgehead atoms. The third-order valence-corrected chi connectivity index (χ3v) is 11.3. The van der Waals surface area contributed by atoms with Crippen molar-refractivity contribution in [1.82, 2.24) is 9.99 Å². The van der Waals surface area contributed by atoms with Crippen LogP contribution in [0.5, 0.6) is 11.5 Å². The number of para-hydroxylation sites is 4. The first-order valence-corrected chi connectivity index (χ1v) is 19.9. The van der Waals surface area contributed by atoms with Crippen LogP contribution >= 0.6 is 0 Å². The Morgan fingerprint density at radius 3 is 2.10 bits per heavy atom. The Kier molecular flexibility index (Phi) is 8.33. The average Bonchev–Trinajstić information content (AvgIpc) is 3.83. The zero-order valence-electron chi connectivity index (χ0n) is 32.3. The van der Waals surface area contributed by atoms with E-state index >= 15 is 0 Å². The van der Waals surface area contributed by atoms with Gasteiger partial charge in [0.1, 0.15) is 22.7 Å². The first kappa shape index (κ1) is 34.4. The van der Waals surface area contributed by atoms with Crippen LogP contribution < -0.4 is 15.6 Å². The van der Waals surface area contributed by atoms with Gasteiger partial charge in [0.05, 0.1) is 39.9 Å². The molecule has 0 spiro atoms. The highest BCUT2D eigenvalue weighted by atomic mass is 16.5. The molecule has 0 aliphatic heterocycles. The minimum Gasteiger partial charge on any atom is -0.457 e. The molecule has 0 unspecified atom stereocenters. The molecule has 0 atom stereocenters. The second-order valence-corrected chi connectivity index (χ2v) is 15.0. The molecule has 0 radical (unpaired) electrons. The van der Waals surface area contributed by atoms with Gasteiger partial charge in [-0.25, -0.2) is 0 Å². The van der Waals surface area contributed by atoms with Gasteiger partial charge in [0.25, 0.3) is 0 Å². The predicted octanol–water partition coefficient (Wildman–Crippen LogP) is 13.7. The van der Waals surface area contributed by atoms with Crippen molar-refractivity contribution in [3.05, 3.63) is 205 Å². The van der Waals surface area contributed by atoms with Crippen molar-refractivity contribution >= 4 is 76.8 Å². The number of fused-ring (bicyclic) bond motifs is 8. The van der Waals surface area contributed by atoms with Crippen LogP contribution in [0.1, 0.15) is 16.7 Å². The van der Waals surface area contributed by atoms with Crippen molar-refractivity contribution in [3.63, 3.8) is 0 Å². The van der Waals surface area contributed by atoms with E-state index in [4.69, 9.17) is 14.1 Å². The van der Waals surface area contributed by atoms with Gasteiger partial charge in [0.15, 0.2) is 5.84 Å². The Balaban J connectivity index is 1.09. The molecule has 6 nitrogen and oxygen atoms in total. The molecular weight excluding hydrogens is 725 g/mol. The fourth-order valence-corrected chi connectivity index (χ4v) is 8.38. The molecule has 59 heavy (non-hydrogen) atoms. The standard InChI is InChI=1S/C53H38N4O2/c1-34-14-2-11-23-48(34)58-49-24-12-7-19-39(49)33-54-53(56-55-40-27-26-35-15-3-4-16-36(35)30-40)43-28-29-46(51-42-21-9-13-25-50(42)59-52(43)51)57-45-22-10-8-20-41(45)44-31-37-17-5-6-18-38(37)32-47(44)57/h2-32,55H,33H2,1H3,(H,54,56). The number of aryl methyl sites for hydroxylation is 1. The first-order valence-electron chi connectivity index (χ1n) is 19.9. The summed E-state index contributed by atoms with van der Waals surface area (Å²) in [7, 11) is 0. The third kappa shape index (κ3) is 6.10. The maximum atomic E-state index is 6.89. The Bertz CT molecular complexity index is 3430. The number of aromatic nitrogens is 1. The van der Waals surface area contributed by atoms with Crippen molar-refractivity contribution in [2.45, 2.75) is 13.5 Å². The summed E-state index contributed by atoms with van der Waals surface area (Å²) in [6.45, 7) is 2.41. The fraction of sp³-hybridized carbons (Fsp3) is 0.0377. The lowest BCUT2D eigenvalue weighted by atomic mass is 10.0. The number of aliphatic imine (C=N–C) groups is 1. The molecule has 9 aromatic carbocycles. The third-order valence-electron chi connectivity index (χ3n) is 11.3. The van der Waals surface area contributed by atoms with Gasteiger partial charge in [0.2, 0.25) is 0 Å². The van der Waals surface area contributed by atoms with E-state index in [2.05, 4.69) is 162 Å². The van der Waals surface area contributed by atoms with Gasteiger partial charge in [-0.2, -0.15) is 0 Å².